The Kier molecular flexibility index (Phi) is 6.26. The van der Waals surface area contributed by atoms with Crippen molar-refractivity contribution in [2.45, 2.75) is 5.60 Å². The summed E-state index contributed by atoms with van der Waals surface area (Å²) in [6, 6.07) is 22.7. The van der Waals surface area contributed by atoms with Gasteiger partial charge in [-0.3, -0.25) is 4.79 Å². The largest absolute Gasteiger partial charge is 0.497 e. The van der Waals surface area contributed by atoms with E-state index in [4.69, 9.17) is 9.47 Å². The highest BCUT2D eigenvalue weighted by Crippen LogP contribution is 2.30. The average Bonchev–Trinajstić information content (AvgIpc) is 2.79. The minimum atomic E-state index is -1.89. The number of amides is 1. The second-order valence-corrected chi connectivity index (χ2v) is 6.25. The number of hydrogen-bond acceptors (Lipinski definition) is 5. The van der Waals surface area contributed by atoms with E-state index in [0.29, 0.717) is 28.2 Å². The normalized spacial score (nSPS) is 11.3. The predicted molar refractivity (Wildman–Crippen MR) is 111 cm³/mol. The van der Waals surface area contributed by atoms with Crippen LogP contribution in [0.5, 0.6) is 11.5 Å². The molecule has 3 rings (SSSR count). The molecule has 3 aromatic rings. The van der Waals surface area contributed by atoms with E-state index in [1.54, 1.807) is 80.9 Å². The standard InChI is InChI=1S/C23H22N2O4/c1-28-20-13-14-21(29-2)17(15-20)16-24-25-22(26)23(27,18-9-5-3-6-10-18)19-11-7-4-8-12-19/h3-16,27H,1-2H3,(H,25,26). The number of carbonyl (C=O) groups excluding carboxylic acids is 1. The van der Waals surface area contributed by atoms with Crippen molar-refractivity contribution in [2.75, 3.05) is 14.2 Å². The first-order valence-corrected chi connectivity index (χ1v) is 8.98. The Hall–Kier alpha value is -3.64. The van der Waals surface area contributed by atoms with Crippen LogP contribution in [0.4, 0.5) is 0 Å². The second kappa shape index (κ2) is 9.03. The fourth-order valence-electron chi connectivity index (χ4n) is 2.97. The first kappa shape index (κ1) is 20.1. The number of benzene rings is 3. The number of aliphatic hydroxyl groups is 1. The SMILES string of the molecule is COc1ccc(OC)c(C=NNC(=O)C(O)(c2ccccc2)c2ccccc2)c1. The molecule has 0 aliphatic rings. The molecule has 6 heteroatoms. The van der Waals surface area contributed by atoms with Crippen LogP contribution in [0.15, 0.2) is 84.0 Å². The zero-order valence-electron chi connectivity index (χ0n) is 16.2. The van der Waals surface area contributed by atoms with Crippen molar-refractivity contribution in [3.8, 4) is 11.5 Å². The van der Waals surface area contributed by atoms with Crippen LogP contribution in [0.25, 0.3) is 0 Å². The highest BCUT2D eigenvalue weighted by molar-refractivity contribution is 5.91. The summed E-state index contributed by atoms with van der Waals surface area (Å²) in [6.07, 6.45) is 1.44. The van der Waals surface area contributed by atoms with E-state index >= 15 is 0 Å². The topological polar surface area (TPSA) is 80.2 Å². The lowest BCUT2D eigenvalue weighted by Gasteiger charge is -2.27. The Morgan fingerprint density at radius 2 is 1.52 bits per heavy atom. The summed E-state index contributed by atoms with van der Waals surface area (Å²) in [6.45, 7) is 0. The molecule has 0 fully saturated rings. The van der Waals surface area contributed by atoms with Crippen LogP contribution < -0.4 is 14.9 Å². The summed E-state index contributed by atoms with van der Waals surface area (Å²) in [5.41, 5.74) is 2.06. The van der Waals surface area contributed by atoms with Crippen LogP contribution >= 0.6 is 0 Å². The smallest absolute Gasteiger partial charge is 0.281 e. The van der Waals surface area contributed by atoms with E-state index in [1.807, 2.05) is 12.1 Å². The maximum absolute atomic E-state index is 13.0. The van der Waals surface area contributed by atoms with E-state index in [0.717, 1.165) is 0 Å². The minimum Gasteiger partial charge on any atom is -0.497 e. The molecule has 29 heavy (non-hydrogen) atoms. The Bertz CT molecular complexity index is 949. The lowest BCUT2D eigenvalue weighted by molar-refractivity contribution is -0.136. The van der Waals surface area contributed by atoms with Crippen molar-refractivity contribution in [1.82, 2.24) is 5.43 Å². The number of carbonyl (C=O) groups is 1. The molecule has 0 atom stereocenters. The molecule has 0 unspecified atom stereocenters. The van der Waals surface area contributed by atoms with Crippen molar-refractivity contribution >= 4 is 12.1 Å². The molecule has 2 N–H and O–H groups in total. The maximum atomic E-state index is 13.0. The molecule has 148 valence electrons. The van der Waals surface area contributed by atoms with Gasteiger partial charge in [-0.1, -0.05) is 60.7 Å². The zero-order chi connectivity index (χ0) is 20.7. The van der Waals surface area contributed by atoms with Crippen molar-refractivity contribution < 1.29 is 19.4 Å². The molecule has 0 aliphatic carbocycles. The molecule has 3 aromatic carbocycles. The van der Waals surface area contributed by atoms with Crippen molar-refractivity contribution in [3.05, 3.63) is 95.6 Å². The maximum Gasteiger partial charge on any atom is 0.281 e. The number of nitrogens with one attached hydrogen (secondary N) is 1. The third kappa shape index (κ3) is 4.28. The van der Waals surface area contributed by atoms with Crippen LogP contribution in [0, 0.1) is 0 Å². The highest BCUT2D eigenvalue weighted by atomic mass is 16.5. The van der Waals surface area contributed by atoms with Gasteiger partial charge in [0.05, 0.1) is 20.4 Å². The number of hydrazone groups is 1. The summed E-state index contributed by atoms with van der Waals surface area (Å²) in [5, 5.41) is 15.4. The zero-order valence-corrected chi connectivity index (χ0v) is 16.2. The average molecular weight is 390 g/mol. The molecule has 1 amide bonds. The minimum absolute atomic E-state index is 0.442. The van der Waals surface area contributed by atoms with E-state index < -0.39 is 11.5 Å². The van der Waals surface area contributed by atoms with Gasteiger partial charge in [0, 0.05) is 5.56 Å². The Morgan fingerprint density at radius 3 is 2.03 bits per heavy atom. The van der Waals surface area contributed by atoms with E-state index in [-0.39, 0.29) is 0 Å². The van der Waals surface area contributed by atoms with Gasteiger partial charge in [0.1, 0.15) is 11.5 Å². The third-order valence-electron chi connectivity index (χ3n) is 4.52. The molecular weight excluding hydrogens is 368 g/mol. The molecule has 0 bridgehead atoms. The van der Waals surface area contributed by atoms with Gasteiger partial charge in [-0.05, 0) is 29.3 Å². The monoisotopic (exact) mass is 390 g/mol. The Morgan fingerprint density at radius 1 is 0.931 bits per heavy atom. The summed E-state index contributed by atoms with van der Waals surface area (Å²) >= 11 is 0. The first-order valence-electron chi connectivity index (χ1n) is 8.98. The van der Waals surface area contributed by atoms with Gasteiger partial charge in [-0.15, -0.1) is 0 Å². The molecule has 0 aromatic heterocycles. The summed E-state index contributed by atoms with van der Waals surface area (Å²) in [7, 11) is 3.10. The van der Waals surface area contributed by atoms with Gasteiger partial charge in [0.2, 0.25) is 0 Å². The van der Waals surface area contributed by atoms with Crippen LogP contribution in [0.2, 0.25) is 0 Å². The van der Waals surface area contributed by atoms with Gasteiger partial charge in [-0.25, -0.2) is 5.43 Å². The van der Waals surface area contributed by atoms with E-state index in [1.165, 1.54) is 6.21 Å². The molecule has 0 saturated heterocycles. The molecule has 0 aliphatic heterocycles. The molecule has 0 radical (unpaired) electrons. The van der Waals surface area contributed by atoms with E-state index in [2.05, 4.69) is 10.5 Å². The number of ether oxygens (including phenoxy) is 2. The quantitative estimate of drug-likeness (QED) is 0.480. The Balaban J connectivity index is 1.90. The molecule has 0 heterocycles. The third-order valence-corrected chi connectivity index (χ3v) is 4.52. The summed E-state index contributed by atoms with van der Waals surface area (Å²) in [4.78, 5) is 13.0. The van der Waals surface area contributed by atoms with Crippen LogP contribution in [-0.4, -0.2) is 31.4 Å². The fourth-order valence-corrected chi connectivity index (χ4v) is 2.97. The molecular formula is C23H22N2O4. The van der Waals surface area contributed by atoms with Crippen molar-refractivity contribution in [2.24, 2.45) is 5.10 Å². The molecule has 6 nitrogen and oxygen atoms in total. The summed E-state index contributed by atoms with van der Waals surface area (Å²) in [5.74, 6) is 0.529. The molecule has 0 spiro atoms. The number of nitrogens with zero attached hydrogens (tertiary/aromatic N) is 1. The molecule has 0 saturated carbocycles. The second-order valence-electron chi connectivity index (χ2n) is 6.25. The summed E-state index contributed by atoms with van der Waals surface area (Å²) < 4.78 is 10.5. The van der Waals surface area contributed by atoms with Crippen molar-refractivity contribution in [1.29, 1.82) is 0 Å². The number of hydrogen-bond donors (Lipinski definition) is 2. The van der Waals surface area contributed by atoms with Crippen LogP contribution in [-0.2, 0) is 10.4 Å². The lowest BCUT2D eigenvalue weighted by atomic mass is 9.85. The van der Waals surface area contributed by atoms with Crippen LogP contribution in [0.3, 0.4) is 0 Å². The van der Waals surface area contributed by atoms with Crippen molar-refractivity contribution in [3.63, 3.8) is 0 Å². The van der Waals surface area contributed by atoms with Gasteiger partial charge in [-0.2, -0.15) is 5.10 Å². The van der Waals surface area contributed by atoms with E-state index in [9.17, 15) is 9.90 Å². The van der Waals surface area contributed by atoms with Gasteiger partial charge in [0.25, 0.3) is 5.91 Å². The van der Waals surface area contributed by atoms with Gasteiger partial charge in [0.15, 0.2) is 5.60 Å². The van der Waals surface area contributed by atoms with Gasteiger partial charge >= 0.3 is 0 Å². The highest BCUT2D eigenvalue weighted by Gasteiger charge is 2.39. The Labute approximate surface area is 169 Å². The van der Waals surface area contributed by atoms with Gasteiger partial charge < -0.3 is 14.6 Å². The fraction of sp³-hybridized carbons (Fsp3) is 0.130. The first-order chi connectivity index (χ1) is 14.1. The van der Waals surface area contributed by atoms with Crippen LogP contribution in [0.1, 0.15) is 16.7 Å². The number of rotatable bonds is 7. The number of methoxy groups -OCH3 is 2. The predicted octanol–water partition coefficient (Wildman–Crippen LogP) is 3.09. The lowest BCUT2D eigenvalue weighted by Crippen LogP contribution is -2.43.